The van der Waals surface area contributed by atoms with Gasteiger partial charge in [0.05, 0.1) is 0 Å². The molecule has 0 aromatic heterocycles. The van der Waals surface area contributed by atoms with Crippen LogP contribution in [-0.4, -0.2) is 42.0 Å². The number of hydrogen-bond acceptors (Lipinski definition) is 5. The topological polar surface area (TPSA) is 62.9 Å². The van der Waals surface area contributed by atoms with Gasteiger partial charge in [0.1, 0.15) is 0 Å². The molecule has 0 aromatic carbocycles. The molecule has 0 bridgehead atoms. The first kappa shape index (κ1) is 28.2. The molecule has 0 rings (SSSR count). The second-order valence-corrected chi connectivity index (χ2v) is 8.36. The fourth-order valence-corrected chi connectivity index (χ4v) is 4.50. The second kappa shape index (κ2) is 23.1. The first-order valence-corrected chi connectivity index (χ1v) is 12.5. The summed E-state index contributed by atoms with van der Waals surface area (Å²) in [7, 11) is -2.80. The van der Waals surface area contributed by atoms with Crippen molar-refractivity contribution in [2.75, 3.05) is 33.0 Å². The van der Waals surface area contributed by atoms with Gasteiger partial charge < -0.3 is 23.4 Å². The number of unbranched alkanes of at least 4 members (excludes halogenated alkanes) is 9. The molecule has 0 aliphatic heterocycles. The molecule has 0 saturated heterocycles. The Morgan fingerprint density at radius 3 is 1.08 bits per heavy atom. The lowest BCUT2D eigenvalue weighted by molar-refractivity contribution is -0.0247. The second-order valence-electron chi connectivity index (χ2n) is 6.20. The third-order valence-electron chi connectivity index (χ3n) is 3.84. The zero-order valence-electron chi connectivity index (χ0n) is 18.3. The minimum atomic E-state index is -2.80. The molecule has 26 heavy (non-hydrogen) atoms. The van der Waals surface area contributed by atoms with E-state index in [1.54, 1.807) is 0 Å². The molecule has 0 amide bonds. The highest BCUT2D eigenvalue weighted by Crippen LogP contribution is 2.11. The SMILES string of the molecule is CCCCCCCCCCCCN.CCO[Si](OCC)(OCC)OCC. The maximum Gasteiger partial charge on any atom is 0.679 e. The van der Waals surface area contributed by atoms with Gasteiger partial charge in [-0.05, 0) is 40.7 Å². The van der Waals surface area contributed by atoms with Gasteiger partial charge in [-0.15, -0.1) is 0 Å². The van der Waals surface area contributed by atoms with E-state index in [4.69, 9.17) is 23.4 Å². The molecule has 0 saturated carbocycles. The van der Waals surface area contributed by atoms with Crippen LogP contribution in [0.2, 0.25) is 0 Å². The van der Waals surface area contributed by atoms with E-state index in [0.29, 0.717) is 26.4 Å². The maximum atomic E-state index is 5.42. The Morgan fingerprint density at radius 1 is 0.500 bits per heavy atom. The summed E-state index contributed by atoms with van der Waals surface area (Å²) in [6.07, 6.45) is 13.9. The van der Waals surface area contributed by atoms with Gasteiger partial charge in [0, 0.05) is 26.4 Å². The molecule has 0 heterocycles. The average molecular weight is 394 g/mol. The van der Waals surface area contributed by atoms with E-state index < -0.39 is 9.05 Å². The highest BCUT2D eigenvalue weighted by atomic mass is 28.4. The van der Waals surface area contributed by atoms with Gasteiger partial charge in [0.15, 0.2) is 0 Å². The van der Waals surface area contributed by atoms with Crippen LogP contribution in [0.5, 0.6) is 0 Å². The standard InChI is InChI=1S/C12H27N.C8H20O4Si/c1-2-3-4-5-6-7-8-9-10-11-12-13;1-5-9-13(10-6-2,11-7-3)12-8-4/h2-13H2,1H3;5-8H2,1-4H3. The highest BCUT2D eigenvalue weighted by Gasteiger charge is 2.44. The molecule has 5 nitrogen and oxygen atoms in total. The quantitative estimate of drug-likeness (QED) is 0.248. The molecule has 0 aliphatic rings. The first-order chi connectivity index (χ1) is 12.7. The molecular weight excluding hydrogens is 346 g/mol. The number of rotatable bonds is 18. The maximum absolute atomic E-state index is 5.42. The summed E-state index contributed by atoms with van der Waals surface area (Å²) in [5, 5.41) is 0. The molecule has 6 heteroatoms. The molecule has 0 atom stereocenters. The fourth-order valence-electron chi connectivity index (χ4n) is 2.59. The molecule has 0 spiro atoms. The summed E-state index contributed by atoms with van der Waals surface area (Å²) in [4.78, 5) is 0. The van der Waals surface area contributed by atoms with Crippen molar-refractivity contribution in [3.8, 4) is 0 Å². The fraction of sp³-hybridized carbons (Fsp3) is 1.00. The van der Waals surface area contributed by atoms with Crippen molar-refractivity contribution in [3.63, 3.8) is 0 Å². The van der Waals surface area contributed by atoms with E-state index in [1.807, 2.05) is 27.7 Å². The van der Waals surface area contributed by atoms with Crippen molar-refractivity contribution in [2.24, 2.45) is 5.73 Å². The monoisotopic (exact) mass is 393 g/mol. The Balaban J connectivity index is 0. The summed E-state index contributed by atoms with van der Waals surface area (Å²) in [5.74, 6) is 0. The Morgan fingerprint density at radius 2 is 0.808 bits per heavy atom. The zero-order valence-corrected chi connectivity index (χ0v) is 19.3. The predicted octanol–water partition coefficient (Wildman–Crippen LogP) is 5.43. The smallest absolute Gasteiger partial charge is 0.351 e. The van der Waals surface area contributed by atoms with Gasteiger partial charge in [0.2, 0.25) is 0 Å². The molecule has 0 aromatic rings. The third kappa shape index (κ3) is 18.8. The van der Waals surface area contributed by atoms with Crippen LogP contribution in [0.15, 0.2) is 0 Å². The van der Waals surface area contributed by atoms with E-state index in [0.717, 1.165) is 6.54 Å². The summed E-state index contributed by atoms with van der Waals surface area (Å²) in [6.45, 7) is 12.9. The summed E-state index contributed by atoms with van der Waals surface area (Å²) in [5.41, 5.74) is 5.42. The molecule has 0 fully saturated rings. The minimum Gasteiger partial charge on any atom is -0.351 e. The lowest BCUT2D eigenvalue weighted by Gasteiger charge is -2.26. The van der Waals surface area contributed by atoms with E-state index in [2.05, 4.69) is 6.92 Å². The van der Waals surface area contributed by atoms with E-state index in [9.17, 15) is 0 Å². The van der Waals surface area contributed by atoms with Crippen molar-refractivity contribution in [2.45, 2.75) is 98.8 Å². The Kier molecular flexibility index (Phi) is 25.0. The molecule has 160 valence electrons. The van der Waals surface area contributed by atoms with Gasteiger partial charge in [0.25, 0.3) is 0 Å². The van der Waals surface area contributed by atoms with Crippen molar-refractivity contribution >= 4 is 9.05 Å². The molecule has 0 radical (unpaired) electrons. The molecule has 0 unspecified atom stereocenters. The minimum absolute atomic E-state index is 0.548. The largest absolute Gasteiger partial charge is 0.679 e. The van der Waals surface area contributed by atoms with Crippen molar-refractivity contribution < 1.29 is 17.7 Å². The zero-order chi connectivity index (χ0) is 19.9. The van der Waals surface area contributed by atoms with Crippen LogP contribution in [0.25, 0.3) is 0 Å². The van der Waals surface area contributed by atoms with Gasteiger partial charge in [-0.25, -0.2) is 0 Å². The molecule has 2 N–H and O–H groups in total. The van der Waals surface area contributed by atoms with Crippen molar-refractivity contribution in [1.29, 1.82) is 0 Å². The van der Waals surface area contributed by atoms with Crippen LogP contribution in [0.1, 0.15) is 98.8 Å². The van der Waals surface area contributed by atoms with Crippen LogP contribution in [0, 0.1) is 0 Å². The lowest BCUT2D eigenvalue weighted by atomic mass is 10.1. The Hall–Kier alpha value is 0.0169. The van der Waals surface area contributed by atoms with Crippen LogP contribution in [0.3, 0.4) is 0 Å². The van der Waals surface area contributed by atoms with E-state index in [1.165, 1.54) is 64.2 Å². The predicted molar refractivity (Wildman–Crippen MR) is 113 cm³/mol. The Labute approximate surface area is 164 Å². The summed E-state index contributed by atoms with van der Waals surface area (Å²) < 4.78 is 21.7. The van der Waals surface area contributed by atoms with Gasteiger partial charge >= 0.3 is 9.05 Å². The molecule has 0 aliphatic carbocycles. The van der Waals surface area contributed by atoms with Gasteiger partial charge in [-0.3, -0.25) is 0 Å². The first-order valence-electron chi connectivity index (χ1n) is 10.9. The van der Waals surface area contributed by atoms with Crippen molar-refractivity contribution in [1.82, 2.24) is 0 Å². The lowest BCUT2D eigenvalue weighted by Crippen LogP contribution is -2.49. The molecular formula is C20H47NO4Si. The van der Waals surface area contributed by atoms with Crippen molar-refractivity contribution in [3.05, 3.63) is 0 Å². The van der Waals surface area contributed by atoms with Gasteiger partial charge in [-0.1, -0.05) is 64.7 Å². The number of nitrogens with two attached hydrogens (primary N) is 1. The van der Waals surface area contributed by atoms with E-state index >= 15 is 0 Å². The normalized spacial score (nSPS) is 11.3. The highest BCUT2D eigenvalue weighted by molar-refractivity contribution is 6.53. The van der Waals surface area contributed by atoms with Crippen LogP contribution >= 0.6 is 0 Å². The van der Waals surface area contributed by atoms with Crippen LogP contribution in [-0.2, 0) is 17.7 Å². The van der Waals surface area contributed by atoms with E-state index in [-0.39, 0.29) is 0 Å². The Bertz CT molecular complexity index is 218. The summed E-state index contributed by atoms with van der Waals surface area (Å²) in [6, 6.07) is 0. The number of hydrogen-bond donors (Lipinski definition) is 1. The average Bonchev–Trinajstić information content (AvgIpc) is 2.62. The van der Waals surface area contributed by atoms with Crippen LogP contribution < -0.4 is 5.73 Å². The summed E-state index contributed by atoms with van der Waals surface area (Å²) >= 11 is 0. The van der Waals surface area contributed by atoms with Gasteiger partial charge in [-0.2, -0.15) is 0 Å². The third-order valence-corrected chi connectivity index (χ3v) is 6.41. The van der Waals surface area contributed by atoms with Crippen LogP contribution in [0.4, 0.5) is 0 Å².